The van der Waals surface area contributed by atoms with Crippen LogP contribution in [0.25, 0.3) is 0 Å². The molecule has 1 aliphatic rings. The van der Waals surface area contributed by atoms with Gasteiger partial charge in [-0.3, -0.25) is 4.98 Å². The molecule has 1 aliphatic carbocycles. The van der Waals surface area contributed by atoms with Crippen LogP contribution < -0.4 is 4.74 Å². The Hall–Kier alpha value is -2.36. The zero-order chi connectivity index (χ0) is 13.8. The van der Waals surface area contributed by atoms with Gasteiger partial charge in [0, 0.05) is 29.1 Å². The lowest BCUT2D eigenvalue weighted by molar-refractivity contribution is 0.301. The van der Waals surface area contributed by atoms with Crippen molar-refractivity contribution in [1.29, 1.82) is 0 Å². The van der Waals surface area contributed by atoms with Gasteiger partial charge in [-0.05, 0) is 31.4 Å². The molecule has 0 atom stereocenters. The summed E-state index contributed by atoms with van der Waals surface area (Å²) in [7, 11) is 0. The van der Waals surface area contributed by atoms with Gasteiger partial charge in [0.1, 0.15) is 12.4 Å². The van der Waals surface area contributed by atoms with Gasteiger partial charge in [-0.25, -0.2) is 0 Å². The molecule has 1 heterocycles. The number of rotatable bonds is 3. The lowest BCUT2D eigenvalue weighted by Gasteiger charge is -2.20. The molecule has 0 aliphatic heterocycles. The number of aromatic nitrogens is 1. The van der Waals surface area contributed by atoms with Crippen molar-refractivity contribution < 1.29 is 9.94 Å². The number of oxime groups is 1. The van der Waals surface area contributed by atoms with Gasteiger partial charge in [0.15, 0.2) is 0 Å². The van der Waals surface area contributed by atoms with Crippen molar-refractivity contribution in [3.63, 3.8) is 0 Å². The maximum absolute atomic E-state index is 9.08. The van der Waals surface area contributed by atoms with Crippen LogP contribution in [0.4, 0.5) is 0 Å². The molecule has 0 saturated heterocycles. The van der Waals surface area contributed by atoms with Gasteiger partial charge in [0.25, 0.3) is 0 Å². The second kappa shape index (κ2) is 5.74. The normalized spacial score (nSPS) is 15.9. The third-order valence-corrected chi connectivity index (χ3v) is 3.52. The highest BCUT2D eigenvalue weighted by molar-refractivity contribution is 6.02. The number of benzene rings is 1. The van der Waals surface area contributed by atoms with Gasteiger partial charge >= 0.3 is 0 Å². The molecular weight excluding hydrogens is 252 g/mol. The Labute approximate surface area is 117 Å². The van der Waals surface area contributed by atoms with E-state index in [9.17, 15) is 0 Å². The molecule has 0 radical (unpaired) electrons. The molecule has 1 aromatic carbocycles. The molecule has 2 aromatic rings. The van der Waals surface area contributed by atoms with Gasteiger partial charge in [-0.1, -0.05) is 23.4 Å². The van der Waals surface area contributed by atoms with E-state index in [0.717, 1.165) is 47.4 Å². The summed E-state index contributed by atoms with van der Waals surface area (Å²) >= 11 is 0. The molecule has 0 bridgehead atoms. The van der Waals surface area contributed by atoms with Crippen LogP contribution in [0.1, 0.15) is 29.5 Å². The van der Waals surface area contributed by atoms with E-state index < -0.39 is 0 Å². The van der Waals surface area contributed by atoms with Crippen molar-refractivity contribution in [2.45, 2.75) is 25.9 Å². The van der Waals surface area contributed by atoms with Gasteiger partial charge in [0.2, 0.25) is 0 Å². The summed E-state index contributed by atoms with van der Waals surface area (Å²) in [5.74, 6) is 0.868. The monoisotopic (exact) mass is 268 g/mol. The number of hydrogen-bond acceptors (Lipinski definition) is 4. The maximum Gasteiger partial charge on any atom is 0.123 e. The van der Waals surface area contributed by atoms with E-state index in [2.05, 4.69) is 10.1 Å². The first kappa shape index (κ1) is 12.7. The summed E-state index contributed by atoms with van der Waals surface area (Å²) in [5.41, 5.74) is 3.92. The third kappa shape index (κ3) is 2.50. The van der Waals surface area contributed by atoms with Crippen molar-refractivity contribution in [2.75, 3.05) is 0 Å². The number of pyridine rings is 1. The Kier molecular flexibility index (Phi) is 3.63. The zero-order valence-corrected chi connectivity index (χ0v) is 11.1. The second-order valence-electron chi connectivity index (χ2n) is 4.83. The van der Waals surface area contributed by atoms with Crippen molar-refractivity contribution in [3.05, 3.63) is 59.4 Å². The molecule has 0 spiro atoms. The minimum atomic E-state index is 0.496. The van der Waals surface area contributed by atoms with Crippen molar-refractivity contribution in [1.82, 2.24) is 4.98 Å². The Morgan fingerprint density at radius 2 is 2.15 bits per heavy atom. The fraction of sp³-hybridized carbons (Fsp3) is 0.250. The summed E-state index contributed by atoms with van der Waals surface area (Å²) in [6, 6.07) is 9.78. The molecule has 1 N–H and O–H groups in total. The number of nitrogens with zero attached hydrogens (tertiary/aromatic N) is 2. The van der Waals surface area contributed by atoms with E-state index in [1.54, 1.807) is 12.4 Å². The summed E-state index contributed by atoms with van der Waals surface area (Å²) in [4.78, 5) is 4.08. The fourth-order valence-electron chi connectivity index (χ4n) is 2.54. The van der Waals surface area contributed by atoms with Gasteiger partial charge in [0.05, 0.1) is 5.71 Å². The molecular formula is C16H16N2O2. The summed E-state index contributed by atoms with van der Waals surface area (Å²) < 4.78 is 5.91. The smallest absolute Gasteiger partial charge is 0.123 e. The van der Waals surface area contributed by atoms with Gasteiger partial charge < -0.3 is 9.94 Å². The fourth-order valence-corrected chi connectivity index (χ4v) is 2.54. The van der Waals surface area contributed by atoms with Crippen LogP contribution in [0.3, 0.4) is 0 Å². The SMILES string of the molecule is ON=C1CCCc2c(OCc3cccnc3)cccc21. The molecule has 3 rings (SSSR count). The van der Waals surface area contributed by atoms with Crippen LogP contribution in [-0.4, -0.2) is 15.9 Å². The molecule has 0 unspecified atom stereocenters. The topological polar surface area (TPSA) is 54.7 Å². The molecule has 0 fully saturated rings. The largest absolute Gasteiger partial charge is 0.489 e. The Balaban J connectivity index is 1.84. The van der Waals surface area contributed by atoms with Crippen LogP contribution in [-0.2, 0) is 13.0 Å². The predicted octanol–water partition coefficient (Wildman–Crippen LogP) is 3.18. The summed E-state index contributed by atoms with van der Waals surface area (Å²) in [5, 5.41) is 12.5. The highest BCUT2D eigenvalue weighted by Crippen LogP contribution is 2.30. The molecule has 0 amide bonds. The van der Waals surface area contributed by atoms with Crippen molar-refractivity contribution in [3.8, 4) is 5.75 Å². The number of ether oxygens (including phenoxy) is 1. The highest BCUT2D eigenvalue weighted by atomic mass is 16.5. The molecule has 1 aromatic heterocycles. The Morgan fingerprint density at radius 3 is 2.95 bits per heavy atom. The minimum Gasteiger partial charge on any atom is -0.489 e. The number of hydrogen-bond donors (Lipinski definition) is 1. The van der Waals surface area contributed by atoms with E-state index in [1.165, 1.54) is 0 Å². The standard InChI is InChI=1S/C16H16N2O2/c19-18-15-7-1-6-14-13(15)5-2-8-16(14)20-11-12-4-3-9-17-10-12/h2-5,8-10,19H,1,6-7,11H2. The first-order chi connectivity index (χ1) is 9.88. The summed E-state index contributed by atoms with van der Waals surface area (Å²) in [6.07, 6.45) is 6.31. The second-order valence-corrected chi connectivity index (χ2v) is 4.83. The summed E-state index contributed by atoms with van der Waals surface area (Å²) in [6.45, 7) is 0.496. The van der Waals surface area contributed by atoms with Gasteiger partial charge in [-0.2, -0.15) is 0 Å². The average Bonchev–Trinajstić information content (AvgIpc) is 2.53. The lowest BCUT2D eigenvalue weighted by atomic mass is 9.89. The van der Waals surface area contributed by atoms with Crippen LogP contribution in [0, 0.1) is 0 Å². The highest BCUT2D eigenvalue weighted by Gasteiger charge is 2.19. The predicted molar refractivity (Wildman–Crippen MR) is 76.3 cm³/mol. The molecule has 4 heteroatoms. The van der Waals surface area contributed by atoms with E-state index in [0.29, 0.717) is 6.61 Å². The van der Waals surface area contributed by atoms with Crippen molar-refractivity contribution >= 4 is 5.71 Å². The maximum atomic E-state index is 9.08. The van der Waals surface area contributed by atoms with Crippen molar-refractivity contribution in [2.24, 2.45) is 5.16 Å². The minimum absolute atomic E-state index is 0.496. The van der Waals surface area contributed by atoms with Crippen LogP contribution in [0.5, 0.6) is 5.75 Å². The quantitative estimate of drug-likeness (QED) is 0.687. The first-order valence-electron chi connectivity index (χ1n) is 6.73. The van der Waals surface area contributed by atoms with Crippen LogP contribution in [0.15, 0.2) is 47.9 Å². The average molecular weight is 268 g/mol. The van der Waals surface area contributed by atoms with E-state index >= 15 is 0 Å². The lowest BCUT2D eigenvalue weighted by Crippen LogP contribution is -2.13. The van der Waals surface area contributed by atoms with E-state index in [-0.39, 0.29) is 0 Å². The van der Waals surface area contributed by atoms with Gasteiger partial charge in [-0.15, -0.1) is 0 Å². The first-order valence-corrected chi connectivity index (χ1v) is 6.73. The molecule has 20 heavy (non-hydrogen) atoms. The third-order valence-electron chi connectivity index (χ3n) is 3.52. The Bertz CT molecular complexity index is 624. The Morgan fingerprint density at radius 1 is 1.20 bits per heavy atom. The molecule has 4 nitrogen and oxygen atoms in total. The molecule has 102 valence electrons. The van der Waals surface area contributed by atoms with E-state index in [1.807, 2.05) is 30.3 Å². The zero-order valence-electron chi connectivity index (χ0n) is 11.1. The molecule has 0 saturated carbocycles. The van der Waals surface area contributed by atoms with Crippen LogP contribution in [0.2, 0.25) is 0 Å². The van der Waals surface area contributed by atoms with Crippen LogP contribution >= 0.6 is 0 Å². The number of fused-ring (bicyclic) bond motifs is 1. The van der Waals surface area contributed by atoms with E-state index in [4.69, 9.17) is 9.94 Å².